The number of ether oxygens (including phenoxy) is 1. The molecule has 0 radical (unpaired) electrons. The molecule has 0 atom stereocenters. The molecule has 0 aliphatic carbocycles. The number of nitrogens with one attached hydrogen (secondary N) is 1. The molecule has 0 bridgehead atoms. The van der Waals surface area contributed by atoms with Gasteiger partial charge in [0.05, 0.1) is 12.0 Å². The first-order chi connectivity index (χ1) is 8.68. The minimum Gasteiger partial charge on any atom is -0.388 e. The Morgan fingerprint density at radius 2 is 2.28 bits per heavy atom. The number of pyridine rings is 1. The molecule has 0 saturated carbocycles. The lowest BCUT2D eigenvalue weighted by Crippen LogP contribution is -2.46. The molecule has 1 aliphatic heterocycles. The van der Waals surface area contributed by atoms with Crippen LogP contribution in [0, 0.1) is 0 Å². The molecule has 1 fully saturated rings. The molecule has 0 aromatic carbocycles. The van der Waals surface area contributed by atoms with E-state index < -0.39 is 5.60 Å². The molecule has 18 heavy (non-hydrogen) atoms. The summed E-state index contributed by atoms with van der Waals surface area (Å²) in [5.41, 5.74) is 0.0528. The lowest BCUT2D eigenvalue weighted by atomic mass is 9.94. The Kier molecular flexibility index (Phi) is 4.28. The van der Waals surface area contributed by atoms with E-state index in [1.54, 1.807) is 18.5 Å². The first kappa shape index (κ1) is 13.0. The summed E-state index contributed by atoms with van der Waals surface area (Å²) < 4.78 is 5.19. The predicted molar refractivity (Wildman–Crippen MR) is 66.0 cm³/mol. The highest BCUT2D eigenvalue weighted by molar-refractivity contribution is 5.78. The number of hydrogen-bond donors (Lipinski definition) is 2. The van der Waals surface area contributed by atoms with E-state index in [0.717, 1.165) is 5.56 Å². The van der Waals surface area contributed by atoms with E-state index in [-0.39, 0.29) is 12.5 Å². The van der Waals surface area contributed by atoms with E-state index in [9.17, 15) is 9.90 Å². The van der Waals surface area contributed by atoms with Crippen LogP contribution in [0.3, 0.4) is 0 Å². The van der Waals surface area contributed by atoms with Gasteiger partial charge in [0.1, 0.15) is 0 Å². The maximum atomic E-state index is 11.7. The third-order valence-electron chi connectivity index (χ3n) is 3.13. The minimum atomic E-state index is -0.817. The molecule has 1 aliphatic rings. The van der Waals surface area contributed by atoms with Gasteiger partial charge in [0.15, 0.2) is 0 Å². The summed E-state index contributed by atoms with van der Waals surface area (Å²) in [7, 11) is 0. The fourth-order valence-electron chi connectivity index (χ4n) is 1.94. The van der Waals surface area contributed by atoms with Crippen LogP contribution in [0.15, 0.2) is 24.5 Å². The average molecular weight is 250 g/mol. The average Bonchev–Trinajstić information content (AvgIpc) is 2.39. The van der Waals surface area contributed by atoms with Gasteiger partial charge < -0.3 is 15.2 Å². The highest BCUT2D eigenvalue weighted by Gasteiger charge is 2.29. The summed E-state index contributed by atoms with van der Waals surface area (Å²) in [6.45, 7) is 1.39. The number of rotatable bonds is 4. The summed E-state index contributed by atoms with van der Waals surface area (Å²) in [6.07, 6.45) is 4.77. The minimum absolute atomic E-state index is 0.0945. The standard InChI is InChI=1S/C13H18N2O3/c16-12(8-11-2-1-5-14-9-11)15-10-13(17)3-6-18-7-4-13/h1-2,5,9,17H,3-4,6-8,10H2,(H,15,16). The largest absolute Gasteiger partial charge is 0.388 e. The normalized spacial score (nSPS) is 18.3. The molecule has 1 saturated heterocycles. The Morgan fingerprint density at radius 3 is 2.94 bits per heavy atom. The van der Waals surface area contributed by atoms with Crippen LogP contribution in [0.5, 0.6) is 0 Å². The zero-order valence-electron chi connectivity index (χ0n) is 10.3. The molecule has 2 rings (SSSR count). The van der Waals surface area contributed by atoms with Crippen LogP contribution < -0.4 is 5.32 Å². The van der Waals surface area contributed by atoms with Gasteiger partial charge in [0.25, 0.3) is 0 Å². The second kappa shape index (κ2) is 5.93. The second-order valence-electron chi connectivity index (χ2n) is 4.65. The summed E-state index contributed by atoms with van der Waals surface area (Å²) in [4.78, 5) is 15.7. The molecule has 1 aromatic heterocycles. The first-order valence-electron chi connectivity index (χ1n) is 6.14. The fraction of sp³-hybridized carbons (Fsp3) is 0.538. The molecule has 2 N–H and O–H groups in total. The fourth-order valence-corrected chi connectivity index (χ4v) is 1.94. The zero-order valence-corrected chi connectivity index (χ0v) is 10.3. The van der Waals surface area contributed by atoms with Crippen LogP contribution in [0.1, 0.15) is 18.4 Å². The Balaban J connectivity index is 1.78. The van der Waals surface area contributed by atoms with Crippen molar-refractivity contribution in [3.05, 3.63) is 30.1 Å². The first-order valence-corrected chi connectivity index (χ1v) is 6.14. The van der Waals surface area contributed by atoms with Gasteiger partial charge in [0, 0.05) is 45.0 Å². The topological polar surface area (TPSA) is 71.5 Å². The number of carbonyl (C=O) groups excluding carboxylic acids is 1. The van der Waals surface area contributed by atoms with Crippen LogP contribution >= 0.6 is 0 Å². The van der Waals surface area contributed by atoms with Crippen molar-refractivity contribution in [1.29, 1.82) is 0 Å². The van der Waals surface area contributed by atoms with E-state index in [0.29, 0.717) is 32.5 Å². The number of amides is 1. The quantitative estimate of drug-likeness (QED) is 0.805. The Bertz CT molecular complexity index is 388. The van der Waals surface area contributed by atoms with E-state index in [2.05, 4.69) is 10.3 Å². The number of nitrogens with zero attached hydrogens (tertiary/aromatic N) is 1. The highest BCUT2D eigenvalue weighted by Crippen LogP contribution is 2.19. The molecule has 5 heteroatoms. The maximum absolute atomic E-state index is 11.7. The van der Waals surface area contributed by atoms with E-state index in [1.807, 2.05) is 6.07 Å². The predicted octanol–water partition coefficient (Wildman–Crippen LogP) is 0.282. The molecule has 1 aromatic rings. The van der Waals surface area contributed by atoms with Crippen molar-refractivity contribution >= 4 is 5.91 Å². The van der Waals surface area contributed by atoms with Gasteiger partial charge in [-0.1, -0.05) is 6.07 Å². The summed E-state index contributed by atoms with van der Waals surface area (Å²) in [5, 5.41) is 12.9. The molecular weight excluding hydrogens is 232 g/mol. The Hall–Kier alpha value is -1.46. The maximum Gasteiger partial charge on any atom is 0.224 e. The smallest absolute Gasteiger partial charge is 0.224 e. The van der Waals surface area contributed by atoms with Crippen molar-refractivity contribution < 1.29 is 14.6 Å². The number of carbonyl (C=O) groups is 1. The van der Waals surface area contributed by atoms with Crippen molar-refractivity contribution in [3.63, 3.8) is 0 Å². The van der Waals surface area contributed by atoms with Gasteiger partial charge in [-0.25, -0.2) is 0 Å². The molecule has 98 valence electrons. The van der Waals surface area contributed by atoms with Crippen LogP contribution in [0.4, 0.5) is 0 Å². The van der Waals surface area contributed by atoms with Crippen molar-refractivity contribution in [3.8, 4) is 0 Å². The SMILES string of the molecule is O=C(Cc1cccnc1)NCC1(O)CCOCC1. The van der Waals surface area contributed by atoms with Crippen molar-refractivity contribution in [2.45, 2.75) is 24.9 Å². The summed E-state index contributed by atoms with van der Waals surface area (Å²) in [5.74, 6) is -0.0945. The van der Waals surface area contributed by atoms with Gasteiger partial charge >= 0.3 is 0 Å². The zero-order chi connectivity index (χ0) is 12.8. The lowest BCUT2D eigenvalue weighted by Gasteiger charge is -2.32. The monoisotopic (exact) mass is 250 g/mol. The third-order valence-corrected chi connectivity index (χ3v) is 3.13. The van der Waals surface area contributed by atoms with Crippen molar-refractivity contribution in [1.82, 2.24) is 10.3 Å². The van der Waals surface area contributed by atoms with Crippen molar-refractivity contribution in [2.24, 2.45) is 0 Å². The van der Waals surface area contributed by atoms with Crippen LogP contribution in [0.25, 0.3) is 0 Å². The molecule has 2 heterocycles. The van der Waals surface area contributed by atoms with Crippen LogP contribution in [-0.2, 0) is 16.0 Å². The Morgan fingerprint density at radius 1 is 1.50 bits per heavy atom. The van der Waals surface area contributed by atoms with Crippen molar-refractivity contribution in [2.75, 3.05) is 19.8 Å². The van der Waals surface area contributed by atoms with Gasteiger partial charge in [-0.3, -0.25) is 9.78 Å². The van der Waals surface area contributed by atoms with Crippen LogP contribution in [0.2, 0.25) is 0 Å². The number of aliphatic hydroxyl groups is 1. The molecule has 0 spiro atoms. The Labute approximate surface area is 106 Å². The second-order valence-corrected chi connectivity index (χ2v) is 4.65. The number of hydrogen-bond acceptors (Lipinski definition) is 4. The highest BCUT2D eigenvalue weighted by atomic mass is 16.5. The van der Waals surface area contributed by atoms with E-state index in [4.69, 9.17) is 4.74 Å². The molecular formula is C13H18N2O3. The summed E-state index contributed by atoms with van der Waals surface area (Å²) in [6, 6.07) is 3.66. The van der Waals surface area contributed by atoms with Gasteiger partial charge in [-0.05, 0) is 11.6 Å². The lowest BCUT2D eigenvalue weighted by molar-refractivity contribution is -0.123. The summed E-state index contributed by atoms with van der Waals surface area (Å²) >= 11 is 0. The van der Waals surface area contributed by atoms with Gasteiger partial charge in [0.2, 0.25) is 5.91 Å². The third kappa shape index (κ3) is 3.78. The van der Waals surface area contributed by atoms with Gasteiger partial charge in [-0.2, -0.15) is 0 Å². The van der Waals surface area contributed by atoms with Crippen LogP contribution in [-0.4, -0.2) is 41.4 Å². The number of aromatic nitrogens is 1. The molecule has 0 unspecified atom stereocenters. The molecule has 5 nitrogen and oxygen atoms in total. The molecule has 1 amide bonds. The van der Waals surface area contributed by atoms with E-state index >= 15 is 0 Å². The van der Waals surface area contributed by atoms with Gasteiger partial charge in [-0.15, -0.1) is 0 Å². The van der Waals surface area contributed by atoms with E-state index in [1.165, 1.54) is 0 Å².